The van der Waals surface area contributed by atoms with Crippen molar-refractivity contribution in [2.24, 2.45) is 0 Å². The molecule has 1 aromatic heterocycles. The normalized spacial score (nSPS) is 11.3. The quantitative estimate of drug-likeness (QED) is 0.588. The average molecular weight is 349 g/mol. The zero-order valence-corrected chi connectivity index (χ0v) is 14.4. The maximum absolute atomic E-state index is 6.15. The Morgan fingerprint density at radius 3 is 2.52 bits per heavy atom. The SMILES string of the molecule is CCOCCn1c(Cc2ccc(Cl)cc2)nc2ccc(Cl)cc21. The van der Waals surface area contributed by atoms with Crippen molar-refractivity contribution in [1.29, 1.82) is 0 Å². The predicted molar refractivity (Wildman–Crippen MR) is 95.5 cm³/mol. The van der Waals surface area contributed by atoms with E-state index in [9.17, 15) is 0 Å². The molecular weight excluding hydrogens is 331 g/mol. The Morgan fingerprint density at radius 2 is 1.78 bits per heavy atom. The van der Waals surface area contributed by atoms with Gasteiger partial charge < -0.3 is 9.30 Å². The maximum Gasteiger partial charge on any atom is 0.114 e. The van der Waals surface area contributed by atoms with E-state index in [-0.39, 0.29) is 0 Å². The number of fused-ring (bicyclic) bond motifs is 1. The second-order valence-corrected chi connectivity index (χ2v) is 6.19. The molecule has 3 aromatic rings. The van der Waals surface area contributed by atoms with E-state index in [0.29, 0.717) is 18.2 Å². The summed E-state index contributed by atoms with van der Waals surface area (Å²) in [6.07, 6.45) is 0.746. The lowest BCUT2D eigenvalue weighted by molar-refractivity contribution is 0.139. The van der Waals surface area contributed by atoms with Crippen molar-refractivity contribution < 1.29 is 4.74 Å². The van der Waals surface area contributed by atoms with Crippen molar-refractivity contribution in [2.75, 3.05) is 13.2 Å². The summed E-state index contributed by atoms with van der Waals surface area (Å²) in [5.41, 5.74) is 3.17. The molecule has 0 atom stereocenters. The molecule has 0 saturated carbocycles. The number of halogens is 2. The molecule has 23 heavy (non-hydrogen) atoms. The van der Waals surface area contributed by atoms with Crippen LogP contribution in [0, 0.1) is 0 Å². The largest absolute Gasteiger partial charge is 0.380 e. The standard InChI is InChI=1S/C18H18Cl2N2O/c1-2-23-10-9-22-17-12-15(20)7-8-16(17)21-18(22)11-13-3-5-14(19)6-4-13/h3-8,12H,2,9-11H2,1H3. The smallest absolute Gasteiger partial charge is 0.114 e. The first-order valence-corrected chi connectivity index (χ1v) is 8.40. The van der Waals surface area contributed by atoms with E-state index >= 15 is 0 Å². The van der Waals surface area contributed by atoms with Gasteiger partial charge in [-0.05, 0) is 42.8 Å². The van der Waals surface area contributed by atoms with Crippen LogP contribution in [-0.4, -0.2) is 22.8 Å². The van der Waals surface area contributed by atoms with Gasteiger partial charge in [0.05, 0.1) is 17.6 Å². The molecule has 0 amide bonds. The lowest BCUT2D eigenvalue weighted by Gasteiger charge is -2.10. The molecule has 0 spiro atoms. The summed E-state index contributed by atoms with van der Waals surface area (Å²) in [4.78, 5) is 4.77. The van der Waals surface area contributed by atoms with Gasteiger partial charge in [0.25, 0.3) is 0 Å². The van der Waals surface area contributed by atoms with Gasteiger partial charge >= 0.3 is 0 Å². The summed E-state index contributed by atoms with van der Waals surface area (Å²) < 4.78 is 7.69. The zero-order chi connectivity index (χ0) is 16.2. The Hall–Kier alpha value is -1.55. The fourth-order valence-corrected chi connectivity index (χ4v) is 2.91. The highest BCUT2D eigenvalue weighted by molar-refractivity contribution is 6.31. The molecule has 0 radical (unpaired) electrons. The van der Waals surface area contributed by atoms with Gasteiger partial charge in [0.15, 0.2) is 0 Å². The molecule has 3 nitrogen and oxygen atoms in total. The molecule has 1 heterocycles. The summed E-state index contributed by atoms with van der Waals surface area (Å²) in [7, 11) is 0. The monoisotopic (exact) mass is 348 g/mol. The van der Waals surface area contributed by atoms with Gasteiger partial charge in [-0.3, -0.25) is 0 Å². The fourth-order valence-electron chi connectivity index (χ4n) is 2.62. The van der Waals surface area contributed by atoms with Gasteiger partial charge in [-0.15, -0.1) is 0 Å². The van der Waals surface area contributed by atoms with Gasteiger partial charge in [-0.1, -0.05) is 35.3 Å². The Labute approximate surface area is 145 Å². The van der Waals surface area contributed by atoms with E-state index in [2.05, 4.69) is 4.57 Å². The third-order valence-electron chi connectivity index (χ3n) is 3.73. The minimum atomic E-state index is 0.655. The maximum atomic E-state index is 6.15. The second kappa shape index (κ2) is 7.35. The van der Waals surface area contributed by atoms with Crippen LogP contribution in [0.5, 0.6) is 0 Å². The van der Waals surface area contributed by atoms with Gasteiger partial charge in [0, 0.05) is 29.6 Å². The molecule has 5 heteroatoms. The molecule has 0 aliphatic carbocycles. The number of aromatic nitrogens is 2. The highest BCUT2D eigenvalue weighted by atomic mass is 35.5. The number of benzene rings is 2. The molecule has 0 N–H and O–H groups in total. The zero-order valence-electron chi connectivity index (χ0n) is 12.9. The van der Waals surface area contributed by atoms with Gasteiger partial charge in [0.2, 0.25) is 0 Å². The molecule has 3 rings (SSSR count). The molecule has 2 aromatic carbocycles. The number of nitrogens with zero attached hydrogens (tertiary/aromatic N) is 2. The van der Waals surface area contributed by atoms with Crippen LogP contribution in [0.4, 0.5) is 0 Å². The minimum absolute atomic E-state index is 0.655. The van der Waals surface area contributed by atoms with Crippen LogP contribution in [0.2, 0.25) is 10.0 Å². The van der Waals surface area contributed by atoms with Crippen molar-refractivity contribution in [3.63, 3.8) is 0 Å². The summed E-state index contributed by atoms with van der Waals surface area (Å²) in [5.74, 6) is 1.00. The molecule has 0 saturated heterocycles. The van der Waals surface area contributed by atoms with Crippen molar-refractivity contribution in [3.8, 4) is 0 Å². The van der Waals surface area contributed by atoms with Gasteiger partial charge in [-0.2, -0.15) is 0 Å². The van der Waals surface area contributed by atoms with E-state index in [0.717, 1.165) is 34.8 Å². The fraction of sp³-hybridized carbons (Fsp3) is 0.278. The number of hydrogen-bond acceptors (Lipinski definition) is 2. The van der Waals surface area contributed by atoms with Crippen LogP contribution >= 0.6 is 23.2 Å². The number of ether oxygens (including phenoxy) is 1. The first-order valence-electron chi connectivity index (χ1n) is 7.64. The van der Waals surface area contributed by atoms with Crippen LogP contribution in [-0.2, 0) is 17.7 Å². The minimum Gasteiger partial charge on any atom is -0.380 e. The van der Waals surface area contributed by atoms with E-state index in [1.54, 1.807) is 0 Å². The molecule has 120 valence electrons. The van der Waals surface area contributed by atoms with E-state index in [4.69, 9.17) is 32.9 Å². The summed E-state index contributed by atoms with van der Waals surface area (Å²) >= 11 is 12.1. The molecule has 0 aliphatic rings. The number of rotatable bonds is 6. The highest BCUT2D eigenvalue weighted by Gasteiger charge is 2.12. The summed E-state index contributed by atoms with van der Waals surface area (Å²) in [6, 6.07) is 13.7. The molecule has 0 unspecified atom stereocenters. The van der Waals surface area contributed by atoms with E-state index in [1.807, 2.05) is 49.4 Å². The summed E-state index contributed by atoms with van der Waals surface area (Å²) in [6.45, 7) is 4.12. The van der Waals surface area contributed by atoms with Crippen molar-refractivity contribution in [2.45, 2.75) is 19.9 Å². The van der Waals surface area contributed by atoms with Gasteiger partial charge in [0.1, 0.15) is 5.82 Å². The average Bonchev–Trinajstić information content (AvgIpc) is 2.87. The lowest BCUT2D eigenvalue weighted by atomic mass is 10.1. The van der Waals surface area contributed by atoms with E-state index in [1.165, 1.54) is 5.56 Å². The second-order valence-electron chi connectivity index (χ2n) is 5.31. The Bertz CT molecular complexity index is 797. The molecule has 0 fully saturated rings. The van der Waals surface area contributed by atoms with Crippen LogP contribution in [0.25, 0.3) is 11.0 Å². The number of hydrogen-bond donors (Lipinski definition) is 0. The Kier molecular flexibility index (Phi) is 5.21. The third kappa shape index (κ3) is 3.86. The summed E-state index contributed by atoms with van der Waals surface area (Å²) in [5, 5.41) is 1.46. The van der Waals surface area contributed by atoms with E-state index < -0.39 is 0 Å². The highest BCUT2D eigenvalue weighted by Crippen LogP contribution is 2.23. The van der Waals surface area contributed by atoms with Crippen molar-refractivity contribution in [3.05, 3.63) is 63.9 Å². The first-order chi connectivity index (χ1) is 11.2. The molecular formula is C18H18Cl2N2O. The van der Waals surface area contributed by atoms with Crippen molar-refractivity contribution in [1.82, 2.24) is 9.55 Å². The topological polar surface area (TPSA) is 27.1 Å². The first kappa shape index (κ1) is 16.3. The van der Waals surface area contributed by atoms with Crippen LogP contribution in [0.15, 0.2) is 42.5 Å². The Balaban J connectivity index is 1.96. The lowest BCUT2D eigenvalue weighted by Crippen LogP contribution is -2.10. The van der Waals surface area contributed by atoms with Crippen LogP contribution < -0.4 is 0 Å². The molecule has 0 bridgehead atoms. The van der Waals surface area contributed by atoms with Crippen LogP contribution in [0.1, 0.15) is 18.3 Å². The number of imidazole rings is 1. The molecule has 0 aliphatic heterocycles. The van der Waals surface area contributed by atoms with Crippen molar-refractivity contribution >= 4 is 34.2 Å². The predicted octanol–water partition coefficient (Wildman–Crippen LogP) is 4.97. The third-order valence-corrected chi connectivity index (χ3v) is 4.22. The van der Waals surface area contributed by atoms with Crippen LogP contribution in [0.3, 0.4) is 0 Å². The van der Waals surface area contributed by atoms with Gasteiger partial charge in [-0.25, -0.2) is 4.98 Å². The Morgan fingerprint density at radius 1 is 1.04 bits per heavy atom.